The van der Waals surface area contributed by atoms with Gasteiger partial charge in [-0.15, -0.1) is 0 Å². The van der Waals surface area contributed by atoms with Gasteiger partial charge in [0.1, 0.15) is 0 Å². The molecule has 1 N–H and O–H groups in total. The molecule has 9 heteroatoms. The quantitative estimate of drug-likeness (QED) is 0.896. The second-order valence-electron chi connectivity index (χ2n) is 6.23. The molecule has 2 aromatic rings. The lowest BCUT2D eigenvalue weighted by Crippen LogP contribution is -2.32. The molecular weight excluding hydrogens is 310 g/mol. The van der Waals surface area contributed by atoms with Crippen molar-refractivity contribution in [1.82, 2.24) is 30.0 Å². The minimum atomic E-state index is -0.418. The van der Waals surface area contributed by atoms with Crippen molar-refractivity contribution >= 4 is 11.9 Å². The van der Waals surface area contributed by atoms with E-state index in [2.05, 4.69) is 25.9 Å². The molecule has 0 radical (unpaired) electrons. The fraction of sp³-hybridized carbons (Fsp3) is 0.600. The number of hydrogen-bond donors (Lipinski definition) is 1. The highest BCUT2D eigenvalue weighted by atomic mass is 16.2. The molecule has 0 spiro atoms. The van der Waals surface area contributed by atoms with E-state index in [1.807, 2.05) is 0 Å². The monoisotopic (exact) mass is 331 g/mol. The summed E-state index contributed by atoms with van der Waals surface area (Å²) >= 11 is 0. The minimum Gasteiger partial charge on any atom is -0.288 e. The molecule has 1 fully saturated rings. The molecule has 128 valence electrons. The Labute approximate surface area is 139 Å². The second-order valence-corrected chi connectivity index (χ2v) is 6.23. The fourth-order valence-electron chi connectivity index (χ4n) is 3.32. The largest absolute Gasteiger partial charge is 0.288 e. The van der Waals surface area contributed by atoms with Crippen LogP contribution in [0, 0.1) is 6.92 Å². The van der Waals surface area contributed by atoms with Crippen molar-refractivity contribution in [2.75, 3.05) is 5.32 Å². The van der Waals surface area contributed by atoms with Gasteiger partial charge in [-0.3, -0.25) is 14.9 Å². The van der Waals surface area contributed by atoms with E-state index in [9.17, 15) is 9.59 Å². The molecule has 9 nitrogen and oxygen atoms in total. The van der Waals surface area contributed by atoms with Crippen LogP contribution in [0.25, 0.3) is 0 Å². The summed E-state index contributed by atoms with van der Waals surface area (Å²) in [5.41, 5.74) is 1.49. The normalized spacial score (nSPS) is 15.5. The Hall–Kier alpha value is -2.58. The number of aryl methyl sites for hydroxylation is 2. The van der Waals surface area contributed by atoms with Crippen LogP contribution in [0.5, 0.6) is 0 Å². The molecule has 0 unspecified atom stereocenters. The van der Waals surface area contributed by atoms with Gasteiger partial charge in [-0.2, -0.15) is 5.10 Å². The number of carbonyl (C=O) groups excluding carboxylic acids is 1. The van der Waals surface area contributed by atoms with Gasteiger partial charge in [-0.05, 0) is 41.7 Å². The summed E-state index contributed by atoms with van der Waals surface area (Å²) in [7, 11) is 3.21. The highest BCUT2D eigenvalue weighted by Gasteiger charge is 2.26. The zero-order valence-electron chi connectivity index (χ0n) is 14.1. The van der Waals surface area contributed by atoms with Crippen LogP contribution in [-0.4, -0.2) is 35.9 Å². The van der Waals surface area contributed by atoms with Crippen molar-refractivity contribution in [2.24, 2.45) is 14.1 Å². The molecule has 0 aliphatic heterocycles. The maximum atomic E-state index is 12.6. The predicted octanol–water partition coefficient (Wildman–Crippen LogP) is 0.912. The lowest BCUT2D eigenvalue weighted by atomic mass is 9.82. The number of rotatable bonds is 3. The summed E-state index contributed by atoms with van der Waals surface area (Å²) in [5, 5.41) is 17.7. The van der Waals surface area contributed by atoms with E-state index in [1.54, 1.807) is 21.0 Å². The van der Waals surface area contributed by atoms with E-state index in [4.69, 9.17) is 0 Å². The Balaban J connectivity index is 1.99. The molecule has 0 bridgehead atoms. The van der Waals surface area contributed by atoms with Crippen LogP contribution in [0.4, 0.5) is 5.95 Å². The zero-order chi connectivity index (χ0) is 17.3. The van der Waals surface area contributed by atoms with Crippen LogP contribution in [0.15, 0.2) is 4.79 Å². The molecule has 3 rings (SSSR count). The van der Waals surface area contributed by atoms with E-state index >= 15 is 0 Å². The third kappa shape index (κ3) is 2.93. The van der Waals surface area contributed by atoms with Gasteiger partial charge in [-0.1, -0.05) is 24.4 Å². The number of tetrazole rings is 1. The zero-order valence-corrected chi connectivity index (χ0v) is 14.1. The fourth-order valence-corrected chi connectivity index (χ4v) is 3.32. The van der Waals surface area contributed by atoms with Crippen LogP contribution in [0.2, 0.25) is 0 Å². The molecular formula is C15H21N7O2. The lowest BCUT2D eigenvalue weighted by Gasteiger charge is -2.23. The Kier molecular flexibility index (Phi) is 4.41. The number of aromatic nitrogens is 6. The summed E-state index contributed by atoms with van der Waals surface area (Å²) in [6.07, 6.45) is 5.39. The molecule has 24 heavy (non-hydrogen) atoms. The maximum Gasteiger partial charge on any atom is 0.278 e. The summed E-state index contributed by atoms with van der Waals surface area (Å²) in [5.74, 6) is 0.0100. The summed E-state index contributed by atoms with van der Waals surface area (Å²) in [6, 6.07) is 0. The van der Waals surface area contributed by atoms with Gasteiger partial charge in [0, 0.05) is 19.7 Å². The lowest BCUT2D eigenvalue weighted by molar-refractivity contribution is 0.101. The Morgan fingerprint density at radius 2 is 1.88 bits per heavy atom. The van der Waals surface area contributed by atoms with E-state index in [0.29, 0.717) is 11.1 Å². The van der Waals surface area contributed by atoms with Crippen LogP contribution >= 0.6 is 0 Å². The number of nitrogens with one attached hydrogen (secondary N) is 1. The first-order valence-electron chi connectivity index (χ1n) is 8.10. The molecule has 1 aliphatic carbocycles. The molecule has 1 aliphatic rings. The molecule has 0 atom stereocenters. The number of anilines is 1. The standard InChI is InChI=1S/C15H21N7O2/c1-9-11(10-7-5-4-6-8-10)14(24)21(2)18-12(9)13(23)16-15-17-19-20-22(15)3/h10H,4-8H2,1-3H3,(H,16,17,20,23). The summed E-state index contributed by atoms with van der Waals surface area (Å²) in [6.45, 7) is 1.79. The Morgan fingerprint density at radius 1 is 1.17 bits per heavy atom. The van der Waals surface area contributed by atoms with Gasteiger partial charge in [0.15, 0.2) is 5.69 Å². The van der Waals surface area contributed by atoms with Gasteiger partial charge in [0.05, 0.1) is 0 Å². The topological polar surface area (TPSA) is 108 Å². The first-order chi connectivity index (χ1) is 11.5. The molecule has 2 heterocycles. The predicted molar refractivity (Wildman–Crippen MR) is 86.8 cm³/mol. The SMILES string of the molecule is Cc1c(C(=O)Nc2nnnn2C)nn(C)c(=O)c1C1CCCCC1. The van der Waals surface area contributed by atoms with Crippen molar-refractivity contribution in [3.05, 3.63) is 27.2 Å². The van der Waals surface area contributed by atoms with Gasteiger partial charge in [0.2, 0.25) is 5.95 Å². The average molecular weight is 331 g/mol. The van der Waals surface area contributed by atoms with E-state index < -0.39 is 5.91 Å². The Morgan fingerprint density at radius 3 is 2.50 bits per heavy atom. The molecule has 0 saturated heterocycles. The first kappa shape index (κ1) is 16.3. The van der Waals surface area contributed by atoms with Gasteiger partial charge in [-0.25, -0.2) is 9.36 Å². The third-order valence-electron chi connectivity index (χ3n) is 4.61. The van der Waals surface area contributed by atoms with Crippen LogP contribution < -0.4 is 10.9 Å². The summed E-state index contributed by atoms with van der Waals surface area (Å²) in [4.78, 5) is 25.2. The number of nitrogens with zero attached hydrogens (tertiary/aromatic N) is 6. The van der Waals surface area contributed by atoms with E-state index in [1.165, 1.54) is 15.8 Å². The highest BCUT2D eigenvalue weighted by molar-refractivity contribution is 6.02. The minimum absolute atomic E-state index is 0.115. The van der Waals surface area contributed by atoms with E-state index in [-0.39, 0.29) is 23.1 Å². The van der Waals surface area contributed by atoms with Gasteiger partial charge in [0.25, 0.3) is 11.5 Å². The van der Waals surface area contributed by atoms with E-state index in [0.717, 1.165) is 25.7 Å². The summed E-state index contributed by atoms with van der Waals surface area (Å²) < 4.78 is 2.61. The molecule has 2 aromatic heterocycles. The first-order valence-corrected chi connectivity index (χ1v) is 8.10. The molecule has 0 aromatic carbocycles. The third-order valence-corrected chi connectivity index (χ3v) is 4.61. The van der Waals surface area contributed by atoms with Crippen molar-refractivity contribution in [1.29, 1.82) is 0 Å². The number of hydrogen-bond acceptors (Lipinski definition) is 6. The maximum absolute atomic E-state index is 12.6. The van der Waals surface area contributed by atoms with Gasteiger partial charge < -0.3 is 0 Å². The second kappa shape index (κ2) is 6.50. The number of carbonyl (C=O) groups is 1. The van der Waals surface area contributed by atoms with Crippen molar-refractivity contribution in [3.8, 4) is 0 Å². The number of amides is 1. The van der Waals surface area contributed by atoms with Crippen molar-refractivity contribution in [3.63, 3.8) is 0 Å². The average Bonchev–Trinajstić information content (AvgIpc) is 2.97. The molecule has 1 saturated carbocycles. The molecule has 1 amide bonds. The van der Waals surface area contributed by atoms with Crippen LogP contribution in [-0.2, 0) is 14.1 Å². The van der Waals surface area contributed by atoms with Crippen LogP contribution in [0.3, 0.4) is 0 Å². The smallest absolute Gasteiger partial charge is 0.278 e. The van der Waals surface area contributed by atoms with Crippen molar-refractivity contribution < 1.29 is 4.79 Å². The van der Waals surface area contributed by atoms with Crippen molar-refractivity contribution in [2.45, 2.75) is 44.9 Å². The highest BCUT2D eigenvalue weighted by Crippen LogP contribution is 2.32. The van der Waals surface area contributed by atoms with Crippen LogP contribution in [0.1, 0.15) is 59.6 Å². The van der Waals surface area contributed by atoms with Gasteiger partial charge >= 0.3 is 0 Å². The Bertz CT molecular complexity index is 818.